The molecule has 0 aliphatic heterocycles. The highest BCUT2D eigenvalue weighted by Crippen LogP contribution is 2.57. The second-order valence-electron chi connectivity index (χ2n) is 6.32. The van der Waals surface area contributed by atoms with Gasteiger partial charge in [-0.1, -0.05) is 33.6 Å². The minimum Gasteiger partial charge on any atom is -0.497 e. The van der Waals surface area contributed by atoms with Gasteiger partial charge in [-0.3, -0.25) is 0 Å². The molecule has 0 spiro atoms. The fourth-order valence-corrected chi connectivity index (χ4v) is 7.98. The maximum atomic E-state index is 5.71. The van der Waals surface area contributed by atoms with Crippen molar-refractivity contribution in [3.8, 4) is 11.5 Å². The molecule has 0 aromatic heterocycles. The van der Waals surface area contributed by atoms with E-state index in [4.69, 9.17) is 9.47 Å². The van der Waals surface area contributed by atoms with Crippen molar-refractivity contribution in [3.63, 3.8) is 0 Å². The van der Waals surface area contributed by atoms with Gasteiger partial charge in [0.25, 0.3) is 0 Å². The van der Waals surface area contributed by atoms with Crippen molar-refractivity contribution >= 4 is 13.2 Å². The van der Waals surface area contributed by atoms with Gasteiger partial charge in [-0.15, -0.1) is 0 Å². The van der Waals surface area contributed by atoms with Gasteiger partial charge in [0.2, 0.25) is 0 Å². The molecule has 0 N–H and O–H groups in total. The first-order chi connectivity index (χ1) is 10.3. The molecule has 0 heterocycles. The zero-order valence-electron chi connectivity index (χ0n) is 13.3. The molecule has 2 aliphatic carbocycles. The molecule has 0 radical (unpaired) electrons. The Labute approximate surface area is 130 Å². The van der Waals surface area contributed by atoms with Gasteiger partial charge in [-0.25, -0.2) is 0 Å². The van der Waals surface area contributed by atoms with Crippen LogP contribution in [0.1, 0.15) is 51.4 Å². The summed E-state index contributed by atoms with van der Waals surface area (Å²) < 4.78 is 11.2. The van der Waals surface area contributed by atoms with Crippen LogP contribution in [-0.4, -0.2) is 25.5 Å². The molecule has 21 heavy (non-hydrogen) atoms. The van der Waals surface area contributed by atoms with Crippen LogP contribution in [0.3, 0.4) is 0 Å². The van der Waals surface area contributed by atoms with Crippen LogP contribution in [0, 0.1) is 0 Å². The fourth-order valence-electron chi connectivity index (χ4n) is 4.05. The maximum Gasteiger partial charge on any atom is 0.126 e. The molecule has 1 aromatic rings. The topological polar surface area (TPSA) is 18.5 Å². The summed E-state index contributed by atoms with van der Waals surface area (Å²) in [6.07, 6.45) is 11.4. The molecule has 2 fully saturated rings. The minimum absolute atomic E-state index is 0.112. The Kier molecular flexibility index (Phi) is 5.06. The summed E-state index contributed by atoms with van der Waals surface area (Å²) in [4.78, 5) is 0. The SMILES string of the molecule is COc1ccc(OC)c(P(C2CCCC2)C2CCCC2)c1. The molecule has 3 rings (SSSR count). The van der Waals surface area contributed by atoms with Crippen molar-refractivity contribution in [3.05, 3.63) is 18.2 Å². The van der Waals surface area contributed by atoms with E-state index < -0.39 is 0 Å². The Bertz CT molecular complexity index is 446. The highest BCUT2D eigenvalue weighted by atomic mass is 31.1. The van der Waals surface area contributed by atoms with Gasteiger partial charge in [0.1, 0.15) is 11.5 Å². The van der Waals surface area contributed by atoms with Gasteiger partial charge in [-0.05, 0) is 55.2 Å². The normalized spacial score (nSPS) is 20.3. The van der Waals surface area contributed by atoms with Crippen LogP contribution in [0.2, 0.25) is 0 Å². The van der Waals surface area contributed by atoms with Crippen molar-refractivity contribution in [2.24, 2.45) is 0 Å². The van der Waals surface area contributed by atoms with E-state index in [1.807, 2.05) is 13.2 Å². The van der Waals surface area contributed by atoms with Crippen LogP contribution in [0.15, 0.2) is 18.2 Å². The van der Waals surface area contributed by atoms with Crippen LogP contribution in [0.5, 0.6) is 11.5 Å². The lowest BCUT2D eigenvalue weighted by atomic mass is 10.3. The van der Waals surface area contributed by atoms with E-state index in [-0.39, 0.29) is 7.92 Å². The van der Waals surface area contributed by atoms with Crippen LogP contribution in [-0.2, 0) is 0 Å². The third kappa shape index (κ3) is 3.21. The van der Waals surface area contributed by atoms with Crippen LogP contribution >= 0.6 is 7.92 Å². The van der Waals surface area contributed by atoms with Crippen molar-refractivity contribution in [2.45, 2.75) is 62.7 Å². The fraction of sp³-hybridized carbons (Fsp3) is 0.667. The van der Waals surface area contributed by atoms with Crippen LogP contribution in [0.4, 0.5) is 0 Å². The molecule has 116 valence electrons. The second kappa shape index (κ2) is 7.01. The molecule has 3 heteroatoms. The predicted molar refractivity (Wildman–Crippen MR) is 90.6 cm³/mol. The van der Waals surface area contributed by atoms with Crippen molar-refractivity contribution in [1.82, 2.24) is 0 Å². The molecule has 0 unspecified atom stereocenters. The Hall–Kier alpha value is -0.750. The molecular formula is C18H27O2P. The Morgan fingerprint density at radius 3 is 1.90 bits per heavy atom. The van der Waals surface area contributed by atoms with E-state index in [2.05, 4.69) is 12.1 Å². The second-order valence-corrected chi connectivity index (χ2v) is 9.08. The summed E-state index contributed by atoms with van der Waals surface area (Å²) >= 11 is 0. The molecule has 2 saturated carbocycles. The average molecular weight is 306 g/mol. The van der Waals surface area contributed by atoms with Gasteiger partial charge in [0.05, 0.1) is 14.2 Å². The first-order valence-electron chi connectivity index (χ1n) is 8.34. The minimum atomic E-state index is -0.112. The standard InChI is InChI=1S/C18H27O2P/c1-19-14-11-12-17(20-2)18(13-14)21(15-7-3-4-8-15)16-9-5-6-10-16/h11-13,15-16H,3-10H2,1-2H3. The molecule has 0 atom stereocenters. The lowest BCUT2D eigenvalue weighted by Crippen LogP contribution is -2.20. The summed E-state index contributed by atoms with van der Waals surface area (Å²) in [5, 5.41) is 1.46. The van der Waals surface area contributed by atoms with Gasteiger partial charge in [-0.2, -0.15) is 0 Å². The maximum absolute atomic E-state index is 5.71. The molecule has 2 nitrogen and oxygen atoms in total. The number of rotatable bonds is 5. The molecular weight excluding hydrogens is 279 g/mol. The number of ether oxygens (including phenoxy) is 2. The summed E-state index contributed by atoms with van der Waals surface area (Å²) in [6, 6.07) is 6.40. The van der Waals surface area contributed by atoms with Crippen molar-refractivity contribution < 1.29 is 9.47 Å². The highest BCUT2D eigenvalue weighted by molar-refractivity contribution is 7.67. The number of hydrogen-bond acceptors (Lipinski definition) is 2. The number of methoxy groups -OCH3 is 2. The average Bonchev–Trinajstić information content (AvgIpc) is 3.21. The highest BCUT2D eigenvalue weighted by Gasteiger charge is 2.35. The zero-order valence-corrected chi connectivity index (χ0v) is 14.2. The Morgan fingerprint density at radius 1 is 0.857 bits per heavy atom. The summed E-state index contributed by atoms with van der Waals surface area (Å²) in [6.45, 7) is 0. The van der Waals surface area contributed by atoms with E-state index in [0.29, 0.717) is 0 Å². The van der Waals surface area contributed by atoms with E-state index in [9.17, 15) is 0 Å². The van der Waals surface area contributed by atoms with Gasteiger partial charge >= 0.3 is 0 Å². The smallest absolute Gasteiger partial charge is 0.126 e. The van der Waals surface area contributed by atoms with E-state index in [1.165, 1.54) is 56.7 Å². The monoisotopic (exact) mass is 306 g/mol. The van der Waals surface area contributed by atoms with Crippen molar-refractivity contribution in [1.29, 1.82) is 0 Å². The third-order valence-electron chi connectivity index (χ3n) is 5.10. The number of hydrogen-bond donors (Lipinski definition) is 0. The lowest BCUT2D eigenvalue weighted by molar-refractivity contribution is 0.406. The van der Waals surface area contributed by atoms with Crippen LogP contribution in [0.25, 0.3) is 0 Å². The van der Waals surface area contributed by atoms with Crippen molar-refractivity contribution in [2.75, 3.05) is 14.2 Å². The first-order valence-corrected chi connectivity index (χ1v) is 9.82. The Balaban J connectivity index is 1.97. The van der Waals surface area contributed by atoms with Crippen LogP contribution < -0.4 is 14.8 Å². The summed E-state index contributed by atoms with van der Waals surface area (Å²) in [5.41, 5.74) is 1.81. The molecule has 0 saturated heterocycles. The Morgan fingerprint density at radius 2 is 1.43 bits per heavy atom. The van der Waals surface area contributed by atoms with E-state index >= 15 is 0 Å². The van der Waals surface area contributed by atoms with Gasteiger partial charge in [0, 0.05) is 5.30 Å². The van der Waals surface area contributed by atoms with Gasteiger partial charge in [0.15, 0.2) is 0 Å². The molecule has 0 bridgehead atoms. The summed E-state index contributed by atoms with van der Waals surface area (Å²) in [5.74, 6) is 2.06. The predicted octanol–water partition coefficient (Wildman–Crippen LogP) is 4.70. The van der Waals surface area contributed by atoms with Gasteiger partial charge < -0.3 is 9.47 Å². The van der Waals surface area contributed by atoms with E-state index in [0.717, 1.165) is 22.8 Å². The molecule has 0 amide bonds. The first kappa shape index (κ1) is 15.2. The van der Waals surface area contributed by atoms with E-state index in [1.54, 1.807) is 7.11 Å². The summed E-state index contributed by atoms with van der Waals surface area (Å²) in [7, 11) is 3.46. The third-order valence-corrected chi connectivity index (χ3v) is 8.61. The molecule has 2 aliphatic rings. The quantitative estimate of drug-likeness (QED) is 0.734. The lowest BCUT2D eigenvalue weighted by Gasteiger charge is -2.31. The molecule has 1 aromatic carbocycles. The largest absolute Gasteiger partial charge is 0.497 e. The number of benzene rings is 1. The zero-order chi connectivity index (χ0) is 14.7.